The van der Waals surface area contributed by atoms with Gasteiger partial charge in [0.2, 0.25) is 5.91 Å². The molecule has 0 aromatic carbocycles. The zero-order valence-electron chi connectivity index (χ0n) is 10.9. The third-order valence-corrected chi connectivity index (χ3v) is 3.52. The van der Waals surface area contributed by atoms with Gasteiger partial charge in [0, 0.05) is 19.0 Å². The van der Waals surface area contributed by atoms with Crippen molar-refractivity contribution in [2.24, 2.45) is 23.4 Å². The molecule has 0 spiro atoms. The first-order valence-corrected chi connectivity index (χ1v) is 5.96. The fourth-order valence-corrected chi connectivity index (χ4v) is 2.65. The molecule has 2 amide bonds. The number of amides is 2. The second-order valence-corrected chi connectivity index (χ2v) is 6.07. The molecule has 3 atom stereocenters. The van der Waals surface area contributed by atoms with Gasteiger partial charge in [-0.15, -0.1) is 0 Å². The summed E-state index contributed by atoms with van der Waals surface area (Å²) in [6.45, 7) is 6.22. The molecule has 7 heteroatoms. The SMILES string of the molecule is CC(C)(C)OC(=O)N1C[C@H]2[C@H](C(=O)NN)[C@@]2(N)C1. The summed E-state index contributed by atoms with van der Waals surface area (Å²) >= 11 is 0. The van der Waals surface area contributed by atoms with E-state index in [-0.39, 0.29) is 23.8 Å². The van der Waals surface area contributed by atoms with Gasteiger partial charge >= 0.3 is 6.09 Å². The van der Waals surface area contributed by atoms with E-state index in [0.29, 0.717) is 13.1 Å². The third-order valence-electron chi connectivity index (χ3n) is 3.52. The van der Waals surface area contributed by atoms with Crippen molar-refractivity contribution in [3.63, 3.8) is 0 Å². The van der Waals surface area contributed by atoms with E-state index < -0.39 is 11.1 Å². The van der Waals surface area contributed by atoms with Gasteiger partial charge in [-0.3, -0.25) is 10.2 Å². The summed E-state index contributed by atoms with van der Waals surface area (Å²) in [5, 5.41) is 0. The third kappa shape index (κ3) is 2.04. The maximum Gasteiger partial charge on any atom is 0.410 e. The normalized spacial score (nSPS) is 33.9. The smallest absolute Gasteiger partial charge is 0.410 e. The number of fused-ring (bicyclic) bond motifs is 1. The first kappa shape index (κ1) is 13.1. The molecule has 1 heterocycles. The number of hydrogen-bond donors (Lipinski definition) is 3. The molecule has 0 bridgehead atoms. The van der Waals surface area contributed by atoms with Crippen molar-refractivity contribution in [2.45, 2.75) is 31.9 Å². The molecule has 0 aromatic rings. The Labute approximate surface area is 106 Å². The minimum atomic E-state index is -0.639. The quantitative estimate of drug-likeness (QED) is 0.322. The lowest BCUT2D eigenvalue weighted by atomic mass is 10.2. The molecular weight excluding hydrogens is 236 g/mol. The number of nitrogens with two attached hydrogens (primary N) is 2. The summed E-state index contributed by atoms with van der Waals surface area (Å²) in [5.74, 6) is 4.52. The first-order valence-electron chi connectivity index (χ1n) is 5.96. The van der Waals surface area contributed by atoms with E-state index in [9.17, 15) is 9.59 Å². The summed E-state index contributed by atoms with van der Waals surface area (Å²) < 4.78 is 5.26. The lowest BCUT2D eigenvalue weighted by Crippen LogP contribution is -2.45. The highest BCUT2D eigenvalue weighted by Crippen LogP contribution is 2.53. The molecule has 0 unspecified atom stereocenters. The Morgan fingerprint density at radius 3 is 2.44 bits per heavy atom. The molecule has 5 N–H and O–H groups in total. The largest absolute Gasteiger partial charge is 0.444 e. The number of hydrogen-bond acceptors (Lipinski definition) is 5. The Morgan fingerprint density at radius 2 is 2.06 bits per heavy atom. The maximum absolute atomic E-state index is 11.8. The Morgan fingerprint density at radius 1 is 1.44 bits per heavy atom. The number of piperidine rings is 1. The second-order valence-electron chi connectivity index (χ2n) is 6.07. The number of hydrazine groups is 1. The van der Waals surface area contributed by atoms with Crippen LogP contribution in [-0.2, 0) is 9.53 Å². The number of carbonyl (C=O) groups excluding carboxylic acids is 2. The zero-order chi connectivity index (χ0) is 13.7. The lowest BCUT2D eigenvalue weighted by Gasteiger charge is -2.26. The summed E-state index contributed by atoms with van der Waals surface area (Å²) in [4.78, 5) is 24.8. The van der Waals surface area contributed by atoms with Gasteiger partial charge < -0.3 is 15.4 Å². The highest BCUT2D eigenvalue weighted by Gasteiger charge is 2.70. The van der Waals surface area contributed by atoms with Crippen LogP contribution >= 0.6 is 0 Å². The molecule has 102 valence electrons. The van der Waals surface area contributed by atoms with E-state index in [0.717, 1.165) is 0 Å². The van der Waals surface area contributed by atoms with Crippen LogP contribution in [0.2, 0.25) is 0 Å². The summed E-state index contributed by atoms with van der Waals surface area (Å²) in [6.07, 6.45) is -0.383. The molecule has 0 aromatic heterocycles. The number of ether oxygens (including phenoxy) is 1. The minimum Gasteiger partial charge on any atom is -0.444 e. The fourth-order valence-electron chi connectivity index (χ4n) is 2.65. The number of rotatable bonds is 1. The predicted molar refractivity (Wildman–Crippen MR) is 64.0 cm³/mol. The molecule has 2 rings (SSSR count). The van der Waals surface area contributed by atoms with Crippen molar-refractivity contribution < 1.29 is 14.3 Å². The van der Waals surface area contributed by atoms with E-state index in [2.05, 4.69) is 5.43 Å². The molecule has 1 aliphatic heterocycles. The Hall–Kier alpha value is -1.34. The van der Waals surface area contributed by atoms with Crippen LogP contribution in [0, 0.1) is 11.8 Å². The Kier molecular flexibility index (Phi) is 2.78. The summed E-state index contributed by atoms with van der Waals surface area (Å²) in [7, 11) is 0. The first-order chi connectivity index (χ1) is 8.19. The van der Waals surface area contributed by atoms with Gasteiger partial charge in [-0.2, -0.15) is 0 Å². The summed E-state index contributed by atoms with van der Waals surface area (Å²) in [5.41, 5.74) is 7.04. The minimum absolute atomic E-state index is 0.0198. The van der Waals surface area contributed by atoms with Crippen molar-refractivity contribution >= 4 is 12.0 Å². The highest BCUT2D eigenvalue weighted by molar-refractivity contribution is 5.85. The molecule has 1 saturated carbocycles. The van der Waals surface area contributed by atoms with Gasteiger partial charge in [0.25, 0.3) is 0 Å². The maximum atomic E-state index is 11.8. The standard InChI is InChI=1S/C11H20N4O3/c1-10(2,3)18-9(17)15-4-6-7(8(16)14-13)11(6,12)5-15/h6-7H,4-5,12-13H2,1-3H3,(H,14,16)/t6-,7+,11+/m0/s1. The molecule has 7 nitrogen and oxygen atoms in total. The van der Waals surface area contributed by atoms with Gasteiger partial charge in [0.1, 0.15) is 5.60 Å². The molecule has 1 aliphatic carbocycles. The van der Waals surface area contributed by atoms with E-state index in [1.54, 1.807) is 4.90 Å². The molecule has 2 fully saturated rings. The van der Waals surface area contributed by atoms with Crippen LogP contribution in [0.25, 0.3) is 0 Å². The van der Waals surface area contributed by atoms with E-state index in [4.69, 9.17) is 16.3 Å². The van der Waals surface area contributed by atoms with Crippen LogP contribution in [0.1, 0.15) is 20.8 Å². The number of carbonyl (C=O) groups is 2. The predicted octanol–water partition coefficient (Wildman–Crippen LogP) is -0.829. The monoisotopic (exact) mass is 256 g/mol. The van der Waals surface area contributed by atoms with Gasteiger partial charge in [0.15, 0.2) is 0 Å². The van der Waals surface area contributed by atoms with E-state index in [1.165, 1.54) is 0 Å². The Balaban J connectivity index is 1.94. The van der Waals surface area contributed by atoms with Gasteiger partial charge in [0.05, 0.1) is 11.5 Å². The van der Waals surface area contributed by atoms with E-state index >= 15 is 0 Å². The molecule has 18 heavy (non-hydrogen) atoms. The van der Waals surface area contributed by atoms with Gasteiger partial charge in [-0.1, -0.05) is 0 Å². The Bertz CT molecular complexity index is 392. The highest BCUT2D eigenvalue weighted by atomic mass is 16.6. The molecule has 1 saturated heterocycles. The average Bonchev–Trinajstić information content (AvgIpc) is 2.62. The molecule has 2 aliphatic rings. The van der Waals surface area contributed by atoms with Crippen molar-refractivity contribution in [3.8, 4) is 0 Å². The second kappa shape index (κ2) is 3.83. The fraction of sp³-hybridized carbons (Fsp3) is 0.818. The van der Waals surface area contributed by atoms with Crippen molar-refractivity contribution in [1.29, 1.82) is 0 Å². The van der Waals surface area contributed by atoms with Crippen LogP contribution in [0.15, 0.2) is 0 Å². The van der Waals surface area contributed by atoms with Gasteiger partial charge in [-0.05, 0) is 20.8 Å². The van der Waals surface area contributed by atoms with Gasteiger partial charge in [-0.25, -0.2) is 10.6 Å². The van der Waals surface area contributed by atoms with Crippen LogP contribution in [0.3, 0.4) is 0 Å². The van der Waals surface area contributed by atoms with Crippen molar-refractivity contribution in [1.82, 2.24) is 10.3 Å². The molecule has 0 radical (unpaired) electrons. The lowest BCUT2D eigenvalue weighted by molar-refractivity contribution is -0.123. The van der Waals surface area contributed by atoms with Crippen LogP contribution < -0.4 is 17.0 Å². The number of likely N-dealkylation sites (tertiary alicyclic amines) is 1. The van der Waals surface area contributed by atoms with Crippen LogP contribution in [0.4, 0.5) is 4.79 Å². The zero-order valence-corrected chi connectivity index (χ0v) is 10.9. The average molecular weight is 256 g/mol. The number of nitrogens with zero attached hydrogens (tertiary/aromatic N) is 1. The van der Waals surface area contributed by atoms with E-state index in [1.807, 2.05) is 20.8 Å². The number of nitrogens with one attached hydrogen (secondary N) is 1. The topological polar surface area (TPSA) is 111 Å². The van der Waals surface area contributed by atoms with Crippen molar-refractivity contribution in [3.05, 3.63) is 0 Å². The summed E-state index contributed by atoms with van der Waals surface area (Å²) in [6, 6.07) is 0. The van der Waals surface area contributed by atoms with Crippen LogP contribution in [0.5, 0.6) is 0 Å². The molecular formula is C11H20N4O3. The van der Waals surface area contributed by atoms with Crippen LogP contribution in [-0.4, -0.2) is 41.1 Å². The van der Waals surface area contributed by atoms with Crippen molar-refractivity contribution in [2.75, 3.05) is 13.1 Å².